The van der Waals surface area contributed by atoms with Gasteiger partial charge >= 0.3 is 0 Å². The van der Waals surface area contributed by atoms with Crippen LogP contribution < -0.4 is 16.0 Å². The molecule has 1 aliphatic carbocycles. The molecule has 0 bridgehead atoms. The molecule has 0 unspecified atom stereocenters. The molecule has 1 heterocycles. The topological polar surface area (TPSA) is 83.3 Å². The highest BCUT2D eigenvalue weighted by atomic mass is 127. The number of aliphatic imine (C=N–C) groups is 1. The van der Waals surface area contributed by atoms with E-state index in [9.17, 15) is 4.79 Å². The summed E-state index contributed by atoms with van der Waals surface area (Å²) in [5.74, 6) is 2.71. The Morgan fingerprint density at radius 2 is 2.04 bits per heavy atom. The quantitative estimate of drug-likeness (QED) is 0.226. The zero-order valence-corrected chi connectivity index (χ0v) is 17.7. The van der Waals surface area contributed by atoms with Gasteiger partial charge in [-0.3, -0.25) is 4.79 Å². The molecular formula is C17H31IN6O. The Labute approximate surface area is 167 Å². The van der Waals surface area contributed by atoms with Gasteiger partial charge in [-0.25, -0.2) is 9.98 Å². The first-order valence-corrected chi connectivity index (χ1v) is 8.90. The highest BCUT2D eigenvalue weighted by molar-refractivity contribution is 14.0. The fourth-order valence-electron chi connectivity index (χ4n) is 2.40. The fourth-order valence-corrected chi connectivity index (χ4v) is 2.40. The van der Waals surface area contributed by atoms with Gasteiger partial charge in [0.05, 0.1) is 0 Å². The largest absolute Gasteiger partial charge is 0.357 e. The zero-order chi connectivity index (χ0) is 17.4. The highest BCUT2D eigenvalue weighted by Crippen LogP contribution is 2.28. The molecule has 2 rings (SSSR count). The van der Waals surface area contributed by atoms with Crippen molar-refractivity contribution >= 4 is 35.8 Å². The van der Waals surface area contributed by atoms with Gasteiger partial charge in [0.2, 0.25) is 5.91 Å². The van der Waals surface area contributed by atoms with Crippen molar-refractivity contribution in [1.29, 1.82) is 0 Å². The van der Waals surface area contributed by atoms with E-state index in [1.165, 1.54) is 0 Å². The molecule has 0 atom stereocenters. The molecule has 0 aliphatic heterocycles. The molecule has 1 aromatic rings. The van der Waals surface area contributed by atoms with Gasteiger partial charge in [-0.2, -0.15) is 0 Å². The van der Waals surface area contributed by atoms with Crippen LogP contribution in [0.25, 0.3) is 0 Å². The summed E-state index contributed by atoms with van der Waals surface area (Å²) in [5, 5.41) is 9.40. The second-order valence-corrected chi connectivity index (χ2v) is 6.58. The van der Waals surface area contributed by atoms with Crippen molar-refractivity contribution < 1.29 is 4.79 Å². The molecule has 1 saturated carbocycles. The van der Waals surface area contributed by atoms with Gasteiger partial charge in [-0.15, -0.1) is 24.0 Å². The van der Waals surface area contributed by atoms with Gasteiger partial charge in [0.1, 0.15) is 12.4 Å². The third-order valence-corrected chi connectivity index (χ3v) is 3.75. The first kappa shape index (κ1) is 21.7. The lowest BCUT2D eigenvalue weighted by atomic mass is 10.2. The summed E-state index contributed by atoms with van der Waals surface area (Å²) in [6, 6.07) is 0. The lowest BCUT2D eigenvalue weighted by molar-refractivity contribution is -0.122. The Kier molecular flexibility index (Phi) is 9.84. The molecule has 142 valence electrons. The Morgan fingerprint density at radius 3 is 2.68 bits per heavy atom. The van der Waals surface area contributed by atoms with Crippen molar-refractivity contribution in [3.63, 3.8) is 0 Å². The number of hydrogen-bond acceptors (Lipinski definition) is 3. The van der Waals surface area contributed by atoms with Crippen molar-refractivity contribution in [1.82, 2.24) is 25.5 Å². The van der Waals surface area contributed by atoms with Crippen LogP contribution in [0.1, 0.15) is 39.4 Å². The standard InChI is InChI=1S/C17H30N6O.HI/c1-4-18-17(21-8-7-20-16(24)14-5-6-14)22-11-15-19-9-10-23(15)12-13(2)3;/h9-10,13-14H,4-8,11-12H2,1-3H3,(H,20,24)(H2,18,21,22);1H. The average molecular weight is 462 g/mol. The van der Waals surface area contributed by atoms with Crippen LogP contribution in [-0.4, -0.2) is 41.1 Å². The molecular weight excluding hydrogens is 431 g/mol. The summed E-state index contributed by atoms with van der Waals surface area (Å²) in [7, 11) is 0. The predicted molar refractivity (Wildman–Crippen MR) is 111 cm³/mol. The van der Waals surface area contributed by atoms with Crippen LogP contribution in [0, 0.1) is 11.8 Å². The molecule has 7 nitrogen and oxygen atoms in total. The number of aromatic nitrogens is 2. The van der Waals surface area contributed by atoms with Gasteiger partial charge in [0, 0.05) is 44.5 Å². The summed E-state index contributed by atoms with van der Waals surface area (Å²) in [5.41, 5.74) is 0. The third-order valence-electron chi connectivity index (χ3n) is 3.75. The summed E-state index contributed by atoms with van der Waals surface area (Å²) in [6.07, 6.45) is 5.89. The number of carbonyl (C=O) groups is 1. The van der Waals surface area contributed by atoms with Crippen LogP contribution in [0.4, 0.5) is 0 Å². The number of imidazole rings is 1. The lowest BCUT2D eigenvalue weighted by Crippen LogP contribution is -2.41. The number of halogens is 1. The minimum absolute atomic E-state index is 0. The fraction of sp³-hybridized carbons (Fsp3) is 0.706. The monoisotopic (exact) mass is 462 g/mol. The normalized spacial score (nSPS) is 14.2. The summed E-state index contributed by atoms with van der Waals surface area (Å²) in [4.78, 5) is 20.6. The van der Waals surface area contributed by atoms with Gasteiger partial charge in [0.15, 0.2) is 5.96 Å². The Bertz CT molecular complexity index is 553. The van der Waals surface area contributed by atoms with Crippen LogP contribution >= 0.6 is 24.0 Å². The number of nitrogens with one attached hydrogen (secondary N) is 3. The molecule has 1 aliphatic rings. The molecule has 0 spiro atoms. The highest BCUT2D eigenvalue weighted by Gasteiger charge is 2.28. The van der Waals surface area contributed by atoms with E-state index in [1.54, 1.807) is 0 Å². The van der Waals surface area contributed by atoms with Crippen molar-refractivity contribution in [3.05, 3.63) is 18.2 Å². The van der Waals surface area contributed by atoms with Crippen LogP contribution in [0.3, 0.4) is 0 Å². The molecule has 1 aromatic heterocycles. The average Bonchev–Trinajstić information content (AvgIpc) is 3.30. The number of amides is 1. The predicted octanol–water partition coefficient (Wildman–Crippen LogP) is 1.74. The van der Waals surface area contributed by atoms with E-state index in [0.29, 0.717) is 25.6 Å². The summed E-state index contributed by atoms with van der Waals surface area (Å²) < 4.78 is 2.15. The Balaban J connectivity index is 0.00000312. The van der Waals surface area contributed by atoms with Crippen molar-refractivity contribution in [3.8, 4) is 0 Å². The molecule has 25 heavy (non-hydrogen) atoms. The number of guanidine groups is 1. The SMILES string of the molecule is CCNC(=NCc1nccn1CC(C)C)NCCNC(=O)C1CC1.I. The van der Waals surface area contributed by atoms with E-state index in [1.807, 2.05) is 19.3 Å². The second kappa shape index (κ2) is 11.3. The minimum Gasteiger partial charge on any atom is -0.357 e. The summed E-state index contributed by atoms with van der Waals surface area (Å²) in [6.45, 7) is 9.95. The van der Waals surface area contributed by atoms with E-state index in [0.717, 1.165) is 37.7 Å². The van der Waals surface area contributed by atoms with Crippen LogP contribution in [-0.2, 0) is 17.9 Å². The number of carbonyl (C=O) groups excluding carboxylic acids is 1. The molecule has 1 amide bonds. The smallest absolute Gasteiger partial charge is 0.223 e. The Hall–Kier alpha value is -1.32. The van der Waals surface area contributed by atoms with Gasteiger partial charge < -0.3 is 20.5 Å². The number of nitrogens with zero attached hydrogens (tertiary/aromatic N) is 3. The second-order valence-electron chi connectivity index (χ2n) is 6.58. The van der Waals surface area contributed by atoms with E-state index < -0.39 is 0 Å². The maximum absolute atomic E-state index is 11.6. The molecule has 0 aromatic carbocycles. The van der Waals surface area contributed by atoms with Crippen molar-refractivity contribution in [2.24, 2.45) is 16.8 Å². The summed E-state index contributed by atoms with van der Waals surface area (Å²) >= 11 is 0. The van der Waals surface area contributed by atoms with Gasteiger partial charge in [-0.1, -0.05) is 13.8 Å². The molecule has 3 N–H and O–H groups in total. The first-order chi connectivity index (χ1) is 11.6. The molecule has 0 radical (unpaired) electrons. The van der Waals surface area contributed by atoms with Gasteiger partial charge in [0.25, 0.3) is 0 Å². The van der Waals surface area contributed by atoms with E-state index in [-0.39, 0.29) is 35.8 Å². The maximum atomic E-state index is 11.6. The van der Waals surface area contributed by atoms with Crippen molar-refractivity contribution in [2.45, 2.75) is 46.7 Å². The minimum atomic E-state index is 0. The van der Waals surface area contributed by atoms with Gasteiger partial charge in [-0.05, 0) is 25.7 Å². The lowest BCUT2D eigenvalue weighted by Gasteiger charge is -2.13. The van der Waals surface area contributed by atoms with E-state index in [4.69, 9.17) is 0 Å². The van der Waals surface area contributed by atoms with Crippen LogP contribution in [0.2, 0.25) is 0 Å². The third kappa shape index (κ3) is 8.06. The van der Waals surface area contributed by atoms with Crippen LogP contribution in [0.5, 0.6) is 0 Å². The molecule has 8 heteroatoms. The van der Waals surface area contributed by atoms with E-state index >= 15 is 0 Å². The number of rotatable bonds is 9. The maximum Gasteiger partial charge on any atom is 0.223 e. The number of hydrogen-bond donors (Lipinski definition) is 3. The van der Waals surface area contributed by atoms with E-state index in [2.05, 4.69) is 44.3 Å². The Morgan fingerprint density at radius 1 is 1.32 bits per heavy atom. The first-order valence-electron chi connectivity index (χ1n) is 8.90. The van der Waals surface area contributed by atoms with Crippen molar-refractivity contribution in [2.75, 3.05) is 19.6 Å². The molecule has 0 saturated heterocycles. The van der Waals surface area contributed by atoms with Crippen LogP contribution in [0.15, 0.2) is 17.4 Å². The zero-order valence-electron chi connectivity index (χ0n) is 15.4. The molecule has 1 fully saturated rings.